The second kappa shape index (κ2) is 5.87. The fourth-order valence-electron chi connectivity index (χ4n) is 3.22. The highest BCUT2D eigenvalue weighted by atomic mass is 16.5. The Morgan fingerprint density at radius 1 is 0.952 bits per heavy atom. The van der Waals surface area contributed by atoms with Crippen molar-refractivity contribution in [2.24, 2.45) is 0 Å². The zero-order valence-electron chi connectivity index (χ0n) is 12.8. The Labute approximate surface area is 127 Å². The summed E-state index contributed by atoms with van der Waals surface area (Å²) >= 11 is 0. The maximum Gasteiger partial charge on any atom is 0.119 e. The Kier molecular flexibility index (Phi) is 3.94. The van der Waals surface area contributed by atoms with Gasteiger partial charge in [0, 0.05) is 0 Å². The topological polar surface area (TPSA) is 9.23 Å². The van der Waals surface area contributed by atoms with Gasteiger partial charge < -0.3 is 4.74 Å². The van der Waals surface area contributed by atoms with Gasteiger partial charge in [0.1, 0.15) is 5.60 Å². The molecule has 0 aromatic heterocycles. The molecular formula is C20H22O. The Morgan fingerprint density at radius 3 is 1.95 bits per heavy atom. The molecule has 1 aliphatic rings. The zero-order chi connectivity index (χ0) is 14.7. The molecule has 1 nitrogen and oxygen atoms in total. The van der Waals surface area contributed by atoms with E-state index < -0.39 is 0 Å². The third kappa shape index (κ3) is 2.79. The monoisotopic (exact) mass is 278 g/mol. The average Bonchev–Trinajstić information content (AvgIpc) is 2.93. The van der Waals surface area contributed by atoms with Crippen LogP contribution in [0.3, 0.4) is 0 Å². The van der Waals surface area contributed by atoms with Crippen LogP contribution in [0.1, 0.15) is 37.8 Å². The van der Waals surface area contributed by atoms with Crippen LogP contribution in [0.25, 0.3) is 0 Å². The highest BCUT2D eigenvalue weighted by Crippen LogP contribution is 2.45. The van der Waals surface area contributed by atoms with Crippen LogP contribution in [0.2, 0.25) is 0 Å². The summed E-state index contributed by atoms with van der Waals surface area (Å²) in [7, 11) is 0. The third-order valence-electron chi connectivity index (χ3n) is 4.13. The van der Waals surface area contributed by atoms with Crippen LogP contribution >= 0.6 is 0 Å². The summed E-state index contributed by atoms with van der Waals surface area (Å²) in [5.41, 5.74) is 3.51. The van der Waals surface area contributed by atoms with Crippen molar-refractivity contribution in [1.29, 1.82) is 0 Å². The van der Waals surface area contributed by atoms with Crippen molar-refractivity contribution < 1.29 is 4.74 Å². The molecule has 2 aromatic carbocycles. The minimum atomic E-state index is -0.306. The maximum absolute atomic E-state index is 6.56. The fraction of sp³-hybridized carbons (Fsp3) is 0.300. The Balaban J connectivity index is 2.04. The van der Waals surface area contributed by atoms with Crippen LogP contribution in [0.15, 0.2) is 72.3 Å². The molecule has 1 saturated heterocycles. The Morgan fingerprint density at radius 2 is 1.48 bits per heavy atom. The average molecular weight is 278 g/mol. The summed E-state index contributed by atoms with van der Waals surface area (Å²) in [5.74, 6) is 0. The number of hydrogen-bond donors (Lipinski definition) is 0. The third-order valence-corrected chi connectivity index (χ3v) is 4.13. The summed E-state index contributed by atoms with van der Waals surface area (Å²) in [4.78, 5) is 0. The van der Waals surface area contributed by atoms with Crippen molar-refractivity contribution in [2.45, 2.75) is 38.4 Å². The first kappa shape index (κ1) is 14.1. The van der Waals surface area contributed by atoms with Crippen LogP contribution in [-0.4, -0.2) is 6.10 Å². The second-order valence-corrected chi connectivity index (χ2v) is 6.00. The van der Waals surface area contributed by atoms with E-state index in [-0.39, 0.29) is 11.7 Å². The van der Waals surface area contributed by atoms with E-state index in [1.165, 1.54) is 16.7 Å². The molecule has 1 unspecified atom stereocenters. The van der Waals surface area contributed by atoms with Gasteiger partial charge in [-0.2, -0.15) is 0 Å². The molecule has 0 aliphatic carbocycles. The lowest BCUT2D eigenvalue weighted by molar-refractivity contribution is 0.00373. The predicted octanol–water partition coefficient (Wildman–Crippen LogP) is 5.08. The van der Waals surface area contributed by atoms with Gasteiger partial charge in [0.25, 0.3) is 0 Å². The van der Waals surface area contributed by atoms with Crippen LogP contribution in [0, 0.1) is 0 Å². The SMILES string of the molecule is CC(C)=CC1CCC(c2ccccc2)(c2ccccc2)O1. The first-order valence-electron chi connectivity index (χ1n) is 7.65. The number of allylic oxidation sites excluding steroid dienone is 1. The van der Waals surface area contributed by atoms with Crippen LogP contribution in [-0.2, 0) is 10.3 Å². The molecule has 0 radical (unpaired) electrons. The van der Waals surface area contributed by atoms with Crippen molar-refractivity contribution >= 4 is 0 Å². The second-order valence-electron chi connectivity index (χ2n) is 6.00. The molecule has 1 fully saturated rings. The van der Waals surface area contributed by atoms with Crippen molar-refractivity contribution in [1.82, 2.24) is 0 Å². The lowest BCUT2D eigenvalue weighted by Crippen LogP contribution is -2.27. The molecule has 1 heteroatoms. The first-order chi connectivity index (χ1) is 10.2. The molecule has 1 heterocycles. The molecule has 1 atom stereocenters. The van der Waals surface area contributed by atoms with E-state index in [0.717, 1.165) is 12.8 Å². The molecule has 0 saturated carbocycles. The highest BCUT2D eigenvalue weighted by Gasteiger charge is 2.42. The van der Waals surface area contributed by atoms with E-state index in [9.17, 15) is 0 Å². The van der Waals surface area contributed by atoms with Crippen molar-refractivity contribution in [3.8, 4) is 0 Å². The van der Waals surface area contributed by atoms with Crippen molar-refractivity contribution in [2.75, 3.05) is 0 Å². The molecule has 1 aliphatic heterocycles. The predicted molar refractivity (Wildman–Crippen MR) is 87.2 cm³/mol. The number of ether oxygens (including phenoxy) is 1. The first-order valence-corrected chi connectivity index (χ1v) is 7.65. The smallest absolute Gasteiger partial charge is 0.119 e. The summed E-state index contributed by atoms with van der Waals surface area (Å²) in [6, 6.07) is 21.2. The van der Waals surface area contributed by atoms with Crippen LogP contribution in [0.5, 0.6) is 0 Å². The summed E-state index contributed by atoms with van der Waals surface area (Å²) < 4.78 is 6.56. The molecule has 3 rings (SSSR count). The van der Waals surface area contributed by atoms with Gasteiger partial charge >= 0.3 is 0 Å². The van der Waals surface area contributed by atoms with E-state index >= 15 is 0 Å². The summed E-state index contributed by atoms with van der Waals surface area (Å²) in [5, 5.41) is 0. The highest BCUT2D eigenvalue weighted by molar-refractivity contribution is 5.37. The van der Waals surface area contributed by atoms with Gasteiger partial charge in [0.2, 0.25) is 0 Å². The number of hydrogen-bond acceptors (Lipinski definition) is 1. The summed E-state index contributed by atoms with van der Waals surface area (Å²) in [6.07, 6.45) is 4.54. The number of benzene rings is 2. The summed E-state index contributed by atoms with van der Waals surface area (Å²) in [6.45, 7) is 4.27. The minimum absolute atomic E-state index is 0.204. The quantitative estimate of drug-likeness (QED) is 0.712. The molecule has 21 heavy (non-hydrogen) atoms. The molecule has 2 aromatic rings. The lowest BCUT2D eigenvalue weighted by atomic mass is 9.84. The van der Waals surface area contributed by atoms with E-state index in [1.54, 1.807) is 0 Å². The largest absolute Gasteiger partial charge is 0.358 e. The minimum Gasteiger partial charge on any atom is -0.358 e. The van der Waals surface area contributed by atoms with E-state index in [2.05, 4.69) is 80.6 Å². The van der Waals surface area contributed by atoms with Gasteiger partial charge in [-0.3, -0.25) is 0 Å². The van der Waals surface area contributed by atoms with Crippen LogP contribution in [0.4, 0.5) is 0 Å². The van der Waals surface area contributed by atoms with Gasteiger partial charge in [-0.1, -0.05) is 72.3 Å². The van der Waals surface area contributed by atoms with Gasteiger partial charge in [0.15, 0.2) is 0 Å². The Bertz CT molecular complexity index is 569. The van der Waals surface area contributed by atoms with Gasteiger partial charge in [0.05, 0.1) is 6.10 Å². The van der Waals surface area contributed by atoms with E-state index in [1.807, 2.05) is 0 Å². The molecule has 0 N–H and O–H groups in total. The van der Waals surface area contributed by atoms with Crippen molar-refractivity contribution in [3.63, 3.8) is 0 Å². The van der Waals surface area contributed by atoms with Gasteiger partial charge in [-0.25, -0.2) is 0 Å². The fourth-order valence-corrected chi connectivity index (χ4v) is 3.22. The standard InChI is InChI=1S/C20H22O/c1-16(2)15-19-13-14-20(21-19,17-9-5-3-6-10-17)18-11-7-4-8-12-18/h3-12,15,19H,13-14H2,1-2H3. The molecule has 108 valence electrons. The molecule has 0 bridgehead atoms. The molecule has 0 spiro atoms. The molecule has 0 amide bonds. The van der Waals surface area contributed by atoms with E-state index in [0.29, 0.717) is 0 Å². The normalized spacial score (nSPS) is 20.2. The van der Waals surface area contributed by atoms with Gasteiger partial charge in [-0.05, 0) is 37.8 Å². The lowest BCUT2D eigenvalue weighted by Gasteiger charge is -2.30. The van der Waals surface area contributed by atoms with Gasteiger partial charge in [-0.15, -0.1) is 0 Å². The van der Waals surface area contributed by atoms with Crippen LogP contribution < -0.4 is 0 Å². The maximum atomic E-state index is 6.56. The van der Waals surface area contributed by atoms with E-state index in [4.69, 9.17) is 4.74 Å². The molecular weight excluding hydrogens is 256 g/mol. The zero-order valence-corrected chi connectivity index (χ0v) is 12.8. The number of rotatable bonds is 3. The van der Waals surface area contributed by atoms with Crippen molar-refractivity contribution in [3.05, 3.63) is 83.4 Å². The Hall–Kier alpha value is -1.86.